The van der Waals surface area contributed by atoms with E-state index in [-0.39, 0.29) is 0 Å². The highest BCUT2D eigenvalue weighted by atomic mass is 35.5. The minimum Gasteiger partial charge on any atom is -0.399 e. The molecule has 0 unspecified atom stereocenters. The molecule has 0 atom stereocenters. The van der Waals surface area contributed by atoms with Crippen LogP contribution in [0.15, 0.2) is 0 Å². The van der Waals surface area contributed by atoms with E-state index < -0.39 is 10.0 Å². The van der Waals surface area contributed by atoms with Crippen molar-refractivity contribution in [2.75, 3.05) is 19.1 Å². The first-order valence-corrected chi connectivity index (χ1v) is 6.23. The van der Waals surface area contributed by atoms with Crippen LogP contribution in [0.5, 0.6) is 0 Å². The fourth-order valence-electron chi connectivity index (χ4n) is 0.359. The zero-order valence-corrected chi connectivity index (χ0v) is 10.6. The molecule has 0 aliphatic heterocycles. The van der Waals surface area contributed by atoms with E-state index in [2.05, 4.69) is 6.92 Å². The van der Waals surface area contributed by atoms with Gasteiger partial charge in [0.05, 0.1) is 0 Å². The second-order valence-electron chi connectivity index (χ2n) is 2.15. The Morgan fingerprint density at radius 3 is 1.75 bits per heavy atom. The summed E-state index contributed by atoms with van der Waals surface area (Å²) in [7, 11) is -0.589. The van der Waals surface area contributed by atoms with E-state index in [4.69, 9.17) is 20.5 Å². The van der Waals surface area contributed by atoms with Gasteiger partial charge >= 0.3 is 10.0 Å². The van der Waals surface area contributed by atoms with E-state index >= 15 is 0 Å². The van der Waals surface area contributed by atoms with Gasteiger partial charge in [0.1, 0.15) is 0 Å². The smallest absolute Gasteiger partial charge is 0.304 e. The van der Waals surface area contributed by atoms with Gasteiger partial charge in [-0.1, -0.05) is 13.3 Å². The lowest BCUT2D eigenvalue weighted by Crippen LogP contribution is -2.02. The highest BCUT2D eigenvalue weighted by Gasteiger charge is 1.79. The Labute approximate surface area is 83.7 Å². The maximum absolute atomic E-state index is 5.30. The van der Waals surface area contributed by atoms with Gasteiger partial charge in [-0.2, -0.15) is 0 Å². The molecule has 0 aliphatic carbocycles. The molecule has 4 heteroatoms. The van der Waals surface area contributed by atoms with Gasteiger partial charge in [-0.3, -0.25) is 0 Å². The molecule has 0 aromatic carbocycles. The molecule has 0 rings (SSSR count). The van der Waals surface area contributed by atoms with Gasteiger partial charge in [0.15, 0.2) is 0 Å². The highest BCUT2D eigenvalue weighted by Crippen LogP contribution is 1.86. The SMILES string of the molecule is CCCCCl.CCO[SiH2]OCC. The Morgan fingerprint density at radius 2 is 1.58 bits per heavy atom. The van der Waals surface area contributed by atoms with E-state index in [9.17, 15) is 0 Å². The second-order valence-corrected chi connectivity index (χ2v) is 3.58. The molecule has 0 aliphatic rings. The number of rotatable bonds is 6. The minimum atomic E-state index is -0.589. The third kappa shape index (κ3) is 22.4. The molecule has 0 radical (unpaired) electrons. The largest absolute Gasteiger partial charge is 0.399 e. The van der Waals surface area contributed by atoms with Crippen molar-refractivity contribution in [2.45, 2.75) is 33.6 Å². The summed E-state index contributed by atoms with van der Waals surface area (Å²) in [6.45, 7) is 7.68. The molecule has 0 amide bonds. The Balaban J connectivity index is 0. The lowest BCUT2D eigenvalue weighted by Gasteiger charge is -1.96. The minimum absolute atomic E-state index is 0.589. The van der Waals surface area contributed by atoms with E-state index in [0.717, 1.165) is 25.5 Å². The number of hydrogen-bond donors (Lipinski definition) is 0. The average Bonchev–Trinajstić information content (AvgIpc) is 2.08. The molecule has 0 aromatic heterocycles. The molecule has 76 valence electrons. The lowest BCUT2D eigenvalue weighted by molar-refractivity contribution is 0.240. The Morgan fingerprint density at radius 1 is 1.08 bits per heavy atom. The number of alkyl halides is 1. The van der Waals surface area contributed by atoms with Gasteiger partial charge in [0.2, 0.25) is 0 Å². The van der Waals surface area contributed by atoms with Gasteiger partial charge in [-0.05, 0) is 20.3 Å². The Hall–Kier alpha value is 0.427. The van der Waals surface area contributed by atoms with Crippen molar-refractivity contribution in [3.63, 3.8) is 0 Å². The van der Waals surface area contributed by atoms with Crippen molar-refractivity contribution in [3.05, 3.63) is 0 Å². The Bertz CT molecular complexity index is 59.0. The van der Waals surface area contributed by atoms with E-state index in [0.29, 0.717) is 0 Å². The molecule has 2 nitrogen and oxygen atoms in total. The van der Waals surface area contributed by atoms with Gasteiger partial charge in [0, 0.05) is 19.1 Å². The normalized spacial score (nSPS) is 9.00. The monoisotopic (exact) mass is 212 g/mol. The summed E-state index contributed by atoms with van der Waals surface area (Å²) in [4.78, 5) is 0. The topological polar surface area (TPSA) is 18.5 Å². The van der Waals surface area contributed by atoms with Crippen molar-refractivity contribution in [1.29, 1.82) is 0 Å². The van der Waals surface area contributed by atoms with Crippen LogP contribution in [0, 0.1) is 0 Å². The summed E-state index contributed by atoms with van der Waals surface area (Å²) in [5.74, 6) is 0.816. The van der Waals surface area contributed by atoms with Crippen LogP contribution in [0.25, 0.3) is 0 Å². The van der Waals surface area contributed by atoms with Gasteiger partial charge in [-0.25, -0.2) is 0 Å². The van der Waals surface area contributed by atoms with Crippen molar-refractivity contribution in [2.24, 2.45) is 0 Å². The quantitative estimate of drug-likeness (QED) is 0.382. The van der Waals surface area contributed by atoms with Crippen LogP contribution in [0.1, 0.15) is 33.6 Å². The summed E-state index contributed by atoms with van der Waals surface area (Å²) in [6, 6.07) is 0. The molecule has 0 aromatic rings. The standard InChI is InChI=1S/C4H9Cl.C4H12O2Si/c1-2-3-4-5;1-3-5-7-6-4-2/h2-4H2,1H3;3-4,7H2,1-2H3. The zero-order valence-electron chi connectivity index (χ0n) is 8.44. The van der Waals surface area contributed by atoms with Crippen LogP contribution < -0.4 is 0 Å². The molecule has 0 saturated carbocycles. The summed E-state index contributed by atoms with van der Waals surface area (Å²) in [6.07, 6.45) is 2.37. The highest BCUT2D eigenvalue weighted by molar-refractivity contribution is 6.18. The van der Waals surface area contributed by atoms with Gasteiger partial charge < -0.3 is 8.85 Å². The predicted octanol–water partition coefficient (Wildman–Crippen LogP) is 2.08. The molecule has 0 spiro atoms. The van der Waals surface area contributed by atoms with E-state index in [1.165, 1.54) is 6.42 Å². The van der Waals surface area contributed by atoms with Crippen LogP contribution in [0.4, 0.5) is 0 Å². The summed E-state index contributed by atoms with van der Waals surface area (Å²) in [5.41, 5.74) is 0. The molecule has 0 heterocycles. The molecule has 0 fully saturated rings. The zero-order chi connectivity index (χ0) is 9.66. The first-order chi connectivity index (χ1) is 5.83. The molecular formula is C8H21ClO2Si. The fourth-order valence-corrected chi connectivity index (χ4v) is 1.08. The van der Waals surface area contributed by atoms with E-state index in [1.807, 2.05) is 13.8 Å². The van der Waals surface area contributed by atoms with Crippen LogP contribution in [-0.2, 0) is 8.85 Å². The first kappa shape index (κ1) is 14.9. The molecule has 12 heavy (non-hydrogen) atoms. The summed E-state index contributed by atoms with van der Waals surface area (Å²) in [5, 5.41) is 0. The van der Waals surface area contributed by atoms with Gasteiger partial charge in [0.25, 0.3) is 0 Å². The van der Waals surface area contributed by atoms with Crippen LogP contribution >= 0.6 is 11.6 Å². The molecular weight excluding hydrogens is 192 g/mol. The van der Waals surface area contributed by atoms with Crippen molar-refractivity contribution >= 4 is 21.6 Å². The van der Waals surface area contributed by atoms with Crippen molar-refractivity contribution < 1.29 is 8.85 Å². The number of hydrogen-bond acceptors (Lipinski definition) is 2. The Kier molecular flexibility index (Phi) is 21.8. The van der Waals surface area contributed by atoms with Crippen molar-refractivity contribution in [3.8, 4) is 0 Å². The van der Waals surface area contributed by atoms with E-state index in [1.54, 1.807) is 0 Å². The predicted molar refractivity (Wildman–Crippen MR) is 57.4 cm³/mol. The molecule has 0 N–H and O–H groups in total. The van der Waals surface area contributed by atoms with Crippen LogP contribution in [0.3, 0.4) is 0 Å². The van der Waals surface area contributed by atoms with Gasteiger partial charge in [-0.15, -0.1) is 11.6 Å². The number of halogens is 1. The maximum atomic E-state index is 5.30. The third-order valence-electron chi connectivity index (χ3n) is 1.06. The fraction of sp³-hybridized carbons (Fsp3) is 1.00. The average molecular weight is 213 g/mol. The summed E-state index contributed by atoms with van der Waals surface area (Å²) >= 11 is 5.30. The maximum Gasteiger partial charge on any atom is 0.304 e. The molecule has 0 saturated heterocycles. The number of unbranched alkanes of at least 4 members (excludes halogenated alkanes) is 1. The first-order valence-electron chi connectivity index (χ1n) is 4.54. The van der Waals surface area contributed by atoms with Crippen LogP contribution in [-0.4, -0.2) is 29.1 Å². The molecule has 0 bridgehead atoms. The summed E-state index contributed by atoms with van der Waals surface area (Å²) < 4.78 is 9.98. The van der Waals surface area contributed by atoms with Crippen molar-refractivity contribution in [1.82, 2.24) is 0 Å². The lowest BCUT2D eigenvalue weighted by atomic mass is 10.4. The van der Waals surface area contributed by atoms with Crippen LogP contribution in [0.2, 0.25) is 0 Å². The third-order valence-corrected chi connectivity index (χ3v) is 2.48. The second kappa shape index (κ2) is 17.5.